The lowest BCUT2D eigenvalue weighted by atomic mass is 10.1. The van der Waals surface area contributed by atoms with E-state index >= 15 is 0 Å². The molecule has 1 nitrogen and oxygen atoms in total. The number of rotatable bonds is 4. The highest BCUT2D eigenvalue weighted by atomic mass is 79.9. The van der Waals surface area contributed by atoms with E-state index in [0.717, 1.165) is 5.75 Å². The van der Waals surface area contributed by atoms with Gasteiger partial charge in [-0.2, -0.15) is 0 Å². The second-order valence-electron chi connectivity index (χ2n) is 3.38. The Balaban J connectivity index is 2.15. The summed E-state index contributed by atoms with van der Waals surface area (Å²) in [7, 11) is 0. The maximum absolute atomic E-state index is 5.42. The third-order valence-corrected chi connectivity index (χ3v) is 4.54. The molecular weight excluding hydrogens is 284 g/mol. The summed E-state index contributed by atoms with van der Waals surface area (Å²) in [5, 5.41) is 2.10. The molecule has 0 aliphatic heterocycles. The Morgan fingerprint density at radius 2 is 2.00 bits per heavy atom. The zero-order valence-electron chi connectivity index (χ0n) is 9.02. The average Bonchev–Trinajstić information content (AvgIpc) is 2.83. The van der Waals surface area contributed by atoms with Crippen LogP contribution in [0, 0.1) is 0 Å². The van der Waals surface area contributed by atoms with Crippen LogP contribution in [0.4, 0.5) is 0 Å². The lowest BCUT2D eigenvalue weighted by Crippen LogP contribution is -1.93. The summed E-state index contributed by atoms with van der Waals surface area (Å²) < 4.78 is 5.42. The SMILES string of the molecule is CCOc1ccc(C(Br)c2cccs2)cc1. The van der Waals surface area contributed by atoms with Crippen LogP contribution in [-0.4, -0.2) is 6.61 Å². The molecule has 2 aromatic rings. The first-order valence-electron chi connectivity index (χ1n) is 5.21. The van der Waals surface area contributed by atoms with Gasteiger partial charge in [-0.25, -0.2) is 0 Å². The van der Waals surface area contributed by atoms with Crippen molar-refractivity contribution in [2.75, 3.05) is 6.61 Å². The molecule has 1 aromatic heterocycles. The Hall–Kier alpha value is -0.800. The molecule has 0 aliphatic rings. The number of ether oxygens (including phenoxy) is 1. The molecule has 0 saturated carbocycles. The molecule has 1 unspecified atom stereocenters. The largest absolute Gasteiger partial charge is 0.494 e. The quantitative estimate of drug-likeness (QED) is 0.748. The van der Waals surface area contributed by atoms with Gasteiger partial charge in [0.25, 0.3) is 0 Å². The Morgan fingerprint density at radius 1 is 1.25 bits per heavy atom. The van der Waals surface area contributed by atoms with Gasteiger partial charge in [-0.15, -0.1) is 11.3 Å². The third-order valence-electron chi connectivity index (χ3n) is 2.28. The molecule has 1 atom stereocenters. The van der Waals surface area contributed by atoms with Gasteiger partial charge in [-0.3, -0.25) is 0 Å². The molecule has 84 valence electrons. The topological polar surface area (TPSA) is 9.23 Å². The highest BCUT2D eigenvalue weighted by Crippen LogP contribution is 2.34. The van der Waals surface area contributed by atoms with E-state index in [9.17, 15) is 0 Å². The van der Waals surface area contributed by atoms with Crippen LogP contribution in [-0.2, 0) is 0 Å². The molecule has 0 aliphatic carbocycles. The zero-order chi connectivity index (χ0) is 11.4. The van der Waals surface area contributed by atoms with Gasteiger partial charge in [0.15, 0.2) is 0 Å². The summed E-state index contributed by atoms with van der Waals surface area (Å²) in [6.07, 6.45) is 0. The van der Waals surface area contributed by atoms with Gasteiger partial charge >= 0.3 is 0 Å². The maximum Gasteiger partial charge on any atom is 0.119 e. The van der Waals surface area contributed by atoms with Crippen molar-refractivity contribution in [3.63, 3.8) is 0 Å². The Morgan fingerprint density at radius 3 is 2.56 bits per heavy atom. The third kappa shape index (κ3) is 2.66. The van der Waals surface area contributed by atoms with Crippen molar-refractivity contribution in [2.45, 2.75) is 11.8 Å². The Bertz CT molecular complexity index is 422. The summed E-state index contributed by atoms with van der Waals surface area (Å²) in [6, 6.07) is 12.4. The van der Waals surface area contributed by atoms with E-state index in [4.69, 9.17) is 4.74 Å². The number of benzene rings is 1. The molecule has 1 heterocycles. The molecule has 3 heteroatoms. The molecule has 0 fully saturated rings. The Labute approximate surface area is 108 Å². The van der Waals surface area contributed by atoms with Crippen LogP contribution in [0.1, 0.15) is 22.2 Å². The first-order valence-corrected chi connectivity index (χ1v) is 7.01. The fraction of sp³-hybridized carbons (Fsp3) is 0.231. The average molecular weight is 297 g/mol. The van der Waals surface area contributed by atoms with Crippen molar-refractivity contribution in [2.24, 2.45) is 0 Å². The summed E-state index contributed by atoms with van der Waals surface area (Å²) in [6.45, 7) is 2.70. The molecule has 0 N–H and O–H groups in total. The smallest absolute Gasteiger partial charge is 0.119 e. The molecule has 2 rings (SSSR count). The fourth-order valence-electron chi connectivity index (χ4n) is 1.50. The van der Waals surface area contributed by atoms with E-state index < -0.39 is 0 Å². The molecular formula is C13H13BrOS. The van der Waals surface area contributed by atoms with Gasteiger partial charge in [-0.1, -0.05) is 34.1 Å². The minimum atomic E-state index is 0.281. The van der Waals surface area contributed by atoms with Crippen LogP contribution < -0.4 is 4.74 Å². The second kappa shape index (κ2) is 5.51. The van der Waals surface area contributed by atoms with E-state index in [0.29, 0.717) is 6.61 Å². The molecule has 0 radical (unpaired) electrons. The normalized spacial score (nSPS) is 12.4. The van der Waals surface area contributed by atoms with Gasteiger partial charge in [0, 0.05) is 4.88 Å². The lowest BCUT2D eigenvalue weighted by molar-refractivity contribution is 0.340. The molecule has 16 heavy (non-hydrogen) atoms. The van der Waals surface area contributed by atoms with Crippen LogP contribution in [0.2, 0.25) is 0 Å². The van der Waals surface area contributed by atoms with E-state index in [1.165, 1.54) is 10.4 Å². The van der Waals surface area contributed by atoms with Gasteiger partial charge in [-0.05, 0) is 36.1 Å². The predicted molar refractivity (Wildman–Crippen MR) is 72.7 cm³/mol. The van der Waals surface area contributed by atoms with Gasteiger partial charge < -0.3 is 4.74 Å². The highest BCUT2D eigenvalue weighted by Gasteiger charge is 2.10. The van der Waals surface area contributed by atoms with Crippen molar-refractivity contribution in [1.29, 1.82) is 0 Å². The number of halogens is 1. The Kier molecular flexibility index (Phi) is 4.02. The number of thiophene rings is 1. The molecule has 0 spiro atoms. The second-order valence-corrected chi connectivity index (χ2v) is 5.27. The monoisotopic (exact) mass is 296 g/mol. The summed E-state index contributed by atoms with van der Waals surface area (Å²) >= 11 is 5.47. The molecule has 0 amide bonds. The van der Waals surface area contributed by atoms with Gasteiger partial charge in [0.1, 0.15) is 5.75 Å². The van der Waals surface area contributed by atoms with Crippen molar-refractivity contribution in [1.82, 2.24) is 0 Å². The van der Waals surface area contributed by atoms with E-state index in [-0.39, 0.29) is 4.83 Å². The van der Waals surface area contributed by atoms with E-state index in [1.807, 2.05) is 19.1 Å². The maximum atomic E-state index is 5.42. The minimum Gasteiger partial charge on any atom is -0.494 e. The van der Waals surface area contributed by atoms with Crippen LogP contribution in [0.3, 0.4) is 0 Å². The van der Waals surface area contributed by atoms with E-state index in [2.05, 4.69) is 45.6 Å². The van der Waals surface area contributed by atoms with Crippen LogP contribution in [0.5, 0.6) is 5.75 Å². The van der Waals surface area contributed by atoms with Crippen LogP contribution >= 0.6 is 27.3 Å². The first kappa shape index (κ1) is 11.7. The molecule has 0 bridgehead atoms. The van der Waals surface area contributed by atoms with Crippen LogP contribution in [0.15, 0.2) is 41.8 Å². The minimum absolute atomic E-state index is 0.281. The van der Waals surface area contributed by atoms with E-state index in [1.54, 1.807) is 11.3 Å². The zero-order valence-corrected chi connectivity index (χ0v) is 11.4. The standard InChI is InChI=1S/C13H13BrOS/c1-2-15-11-7-5-10(6-8-11)13(14)12-4-3-9-16-12/h3-9,13H,2H2,1H3. The summed E-state index contributed by atoms with van der Waals surface area (Å²) in [5.41, 5.74) is 1.26. The lowest BCUT2D eigenvalue weighted by Gasteiger charge is -2.09. The van der Waals surface area contributed by atoms with Gasteiger partial charge in [0.05, 0.1) is 11.4 Å². The first-order chi connectivity index (χ1) is 7.81. The van der Waals surface area contributed by atoms with Crippen molar-refractivity contribution >= 4 is 27.3 Å². The fourth-order valence-corrected chi connectivity index (χ4v) is 3.01. The highest BCUT2D eigenvalue weighted by molar-refractivity contribution is 9.09. The predicted octanol–water partition coefficient (Wildman–Crippen LogP) is 4.63. The summed E-state index contributed by atoms with van der Waals surface area (Å²) in [5.74, 6) is 0.928. The van der Waals surface area contributed by atoms with Crippen molar-refractivity contribution < 1.29 is 4.74 Å². The molecule has 1 aromatic carbocycles. The number of hydrogen-bond donors (Lipinski definition) is 0. The van der Waals surface area contributed by atoms with Gasteiger partial charge in [0.2, 0.25) is 0 Å². The van der Waals surface area contributed by atoms with Crippen molar-refractivity contribution in [3.05, 3.63) is 52.2 Å². The van der Waals surface area contributed by atoms with Crippen molar-refractivity contribution in [3.8, 4) is 5.75 Å². The number of alkyl halides is 1. The molecule has 0 saturated heterocycles. The number of hydrogen-bond acceptors (Lipinski definition) is 2. The summed E-state index contributed by atoms with van der Waals surface area (Å²) in [4.78, 5) is 1.60. The van der Waals surface area contributed by atoms with Crippen LogP contribution in [0.25, 0.3) is 0 Å².